The zero-order chi connectivity index (χ0) is 15.5. The smallest absolute Gasteiger partial charge is 0.335 e. The van der Waals surface area contributed by atoms with Crippen LogP contribution in [0.15, 0.2) is 18.2 Å². The normalized spacial score (nSPS) is 25.4. The van der Waals surface area contributed by atoms with Gasteiger partial charge in [0.1, 0.15) is 5.75 Å². The Hall–Kier alpha value is -1.75. The molecular formula is C16H23NO4. The Morgan fingerprint density at radius 1 is 1.57 bits per heavy atom. The molecule has 1 saturated heterocycles. The van der Waals surface area contributed by atoms with Crippen LogP contribution >= 0.6 is 0 Å². The van der Waals surface area contributed by atoms with E-state index in [2.05, 4.69) is 19.2 Å². The third-order valence-electron chi connectivity index (χ3n) is 4.15. The van der Waals surface area contributed by atoms with Gasteiger partial charge in [-0.2, -0.15) is 0 Å². The summed E-state index contributed by atoms with van der Waals surface area (Å²) >= 11 is 0. The van der Waals surface area contributed by atoms with E-state index in [9.17, 15) is 4.79 Å². The van der Waals surface area contributed by atoms with Crippen molar-refractivity contribution in [2.45, 2.75) is 44.8 Å². The van der Waals surface area contributed by atoms with Crippen molar-refractivity contribution >= 4 is 11.7 Å². The highest BCUT2D eigenvalue weighted by atomic mass is 16.5. The lowest BCUT2D eigenvalue weighted by atomic mass is 9.89. The first kappa shape index (κ1) is 15.6. The molecule has 1 aliphatic heterocycles. The van der Waals surface area contributed by atoms with Crippen molar-refractivity contribution in [2.75, 3.05) is 19.0 Å². The SMILES string of the molecule is CCC1(C)CC(Nc2cc(C(=O)O)ccc2OC)CCO1. The molecule has 21 heavy (non-hydrogen) atoms. The zero-order valence-electron chi connectivity index (χ0n) is 12.8. The van der Waals surface area contributed by atoms with Gasteiger partial charge in [0.25, 0.3) is 0 Å². The summed E-state index contributed by atoms with van der Waals surface area (Å²) in [6.45, 7) is 4.95. The summed E-state index contributed by atoms with van der Waals surface area (Å²) in [6, 6.07) is 5.11. The predicted molar refractivity (Wildman–Crippen MR) is 81.2 cm³/mol. The lowest BCUT2D eigenvalue weighted by Gasteiger charge is -2.38. The number of carboxylic acids is 1. The molecule has 2 unspecified atom stereocenters. The molecule has 2 atom stereocenters. The second-order valence-corrected chi connectivity index (χ2v) is 5.71. The highest BCUT2D eigenvalue weighted by Gasteiger charge is 2.31. The van der Waals surface area contributed by atoms with E-state index in [1.54, 1.807) is 25.3 Å². The number of benzene rings is 1. The topological polar surface area (TPSA) is 67.8 Å². The van der Waals surface area contributed by atoms with E-state index in [4.69, 9.17) is 14.6 Å². The van der Waals surface area contributed by atoms with Crippen molar-refractivity contribution in [1.82, 2.24) is 0 Å². The molecule has 0 bridgehead atoms. The number of ether oxygens (including phenoxy) is 2. The summed E-state index contributed by atoms with van der Waals surface area (Å²) in [5, 5.41) is 12.5. The maximum atomic E-state index is 11.1. The number of anilines is 1. The maximum Gasteiger partial charge on any atom is 0.335 e. The number of rotatable bonds is 5. The molecule has 0 aliphatic carbocycles. The van der Waals surface area contributed by atoms with Crippen LogP contribution in [0, 0.1) is 0 Å². The minimum Gasteiger partial charge on any atom is -0.495 e. The van der Waals surface area contributed by atoms with E-state index in [0.29, 0.717) is 12.4 Å². The highest BCUT2D eigenvalue weighted by molar-refractivity contribution is 5.89. The third-order valence-corrected chi connectivity index (χ3v) is 4.15. The molecule has 0 saturated carbocycles. The lowest BCUT2D eigenvalue weighted by molar-refractivity contribution is -0.0709. The Balaban J connectivity index is 2.18. The third kappa shape index (κ3) is 3.67. The minimum atomic E-state index is -0.939. The van der Waals surface area contributed by atoms with Crippen LogP contribution in [0.2, 0.25) is 0 Å². The summed E-state index contributed by atoms with van der Waals surface area (Å²) in [5.41, 5.74) is 0.861. The molecule has 5 nitrogen and oxygen atoms in total. The maximum absolute atomic E-state index is 11.1. The Labute approximate surface area is 125 Å². The summed E-state index contributed by atoms with van der Waals surface area (Å²) in [5.74, 6) is -0.282. The molecule has 116 valence electrons. The van der Waals surface area contributed by atoms with Gasteiger partial charge in [-0.3, -0.25) is 0 Å². The molecule has 0 spiro atoms. The van der Waals surface area contributed by atoms with Gasteiger partial charge in [-0.25, -0.2) is 4.79 Å². The van der Waals surface area contributed by atoms with Crippen molar-refractivity contribution in [3.8, 4) is 5.75 Å². The fourth-order valence-corrected chi connectivity index (χ4v) is 2.67. The number of carbonyl (C=O) groups is 1. The van der Waals surface area contributed by atoms with E-state index >= 15 is 0 Å². The van der Waals surface area contributed by atoms with Crippen LogP contribution in [0.5, 0.6) is 5.75 Å². The molecule has 2 N–H and O–H groups in total. The van der Waals surface area contributed by atoms with Crippen LogP contribution in [0.25, 0.3) is 0 Å². The fourth-order valence-electron chi connectivity index (χ4n) is 2.67. The van der Waals surface area contributed by atoms with Gasteiger partial charge in [0.2, 0.25) is 0 Å². The molecule has 0 aromatic heterocycles. The van der Waals surface area contributed by atoms with E-state index in [0.717, 1.165) is 24.9 Å². The Kier molecular flexibility index (Phi) is 4.73. The number of nitrogens with one attached hydrogen (secondary N) is 1. The van der Waals surface area contributed by atoms with E-state index in [-0.39, 0.29) is 17.2 Å². The van der Waals surface area contributed by atoms with Crippen molar-refractivity contribution in [3.63, 3.8) is 0 Å². The van der Waals surface area contributed by atoms with Crippen molar-refractivity contribution in [3.05, 3.63) is 23.8 Å². The van der Waals surface area contributed by atoms with Crippen LogP contribution in [0.4, 0.5) is 5.69 Å². The van der Waals surface area contributed by atoms with Crippen molar-refractivity contribution in [2.24, 2.45) is 0 Å². The quantitative estimate of drug-likeness (QED) is 0.873. The Morgan fingerprint density at radius 2 is 2.33 bits per heavy atom. The van der Waals surface area contributed by atoms with Crippen LogP contribution in [0.1, 0.15) is 43.5 Å². The highest BCUT2D eigenvalue weighted by Crippen LogP contribution is 2.32. The second-order valence-electron chi connectivity index (χ2n) is 5.71. The van der Waals surface area contributed by atoms with Crippen LogP contribution in [-0.2, 0) is 4.74 Å². The molecule has 1 aromatic carbocycles. The van der Waals surface area contributed by atoms with Crippen LogP contribution < -0.4 is 10.1 Å². The number of hydrogen-bond acceptors (Lipinski definition) is 4. The zero-order valence-corrected chi connectivity index (χ0v) is 12.8. The first-order chi connectivity index (χ1) is 9.97. The first-order valence-corrected chi connectivity index (χ1v) is 7.29. The summed E-state index contributed by atoms with van der Waals surface area (Å²) in [7, 11) is 1.58. The van der Waals surface area contributed by atoms with Gasteiger partial charge >= 0.3 is 5.97 Å². The number of methoxy groups -OCH3 is 1. The van der Waals surface area contributed by atoms with Gasteiger partial charge in [0.15, 0.2) is 0 Å². The predicted octanol–water partition coefficient (Wildman–Crippen LogP) is 3.15. The van der Waals surface area contributed by atoms with Crippen LogP contribution in [0.3, 0.4) is 0 Å². The van der Waals surface area contributed by atoms with Gasteiger partial charge in [-0.15, -0.1) is 0 Å². The van der Waals surface area contributed by atoms with E-state index in [1.807, 2.05) is 0 Å². The molecule has 0 amide bonds. The molecule has 5 heteroatoms. The number of hydrogen-bond donors (Lipinski definition) is 2. The molecule has 2 rings (SSSR count). The van der Waals surface area contributed by atoms with E-state index in [1.165, 1.54) is 0 Å². The van der Waals surface area contributed by atoms with Gasteiger partial charge in [-0.05, 0) is 44.4 Å². The molecule has 1 aromatic rings. The average Bonchev–Trinajstić information content (AvgIpc) is 2.47. The summed E-state index contributed by atoms with van der Waals surface area (Å²) in [4.78, 5) is 11.1. The first-order valence-electron chi connectivity index (χ1n) is 7.29. The second kappa shape index (κ2) is 6.35. The average molecular weight is 293 g/mol. The van der Waals surface area contributed by atoms with Crippen LogP contribution in [-0.4, -0.2) is 36.4 Å². The van der Waals surface area contributed by atoms with Gasteiger partial charge < -0.3 is 19.9 Å². The molecule has 1 fully saturated rings. The standard InChI is InChI=1S/C16H23NO4/c1-4-16(2)10-12(7-8-21-16)17-13-9-11(15(18)19)5-6-14(13)20-3/h5-6,9,12,17H,4,7-8,10H2,1-3H3,(H,18,19). The van der Waals surface area contributed by atoms with Crippen molar-refractivity contribution in [1.29, 1.82) is 0 Å². The largest absolute Gasteiger partial charge is 0.495 e. The molecular weight excluding hydrogens is 270 g/mol. The van der Waals surface area contributed by atoms with Gasteiger partial charge in [0.05, 0.1) is 24.0 Å². The fraction of sp³-hybridized carbons (Fsp3) is 0.562. The van der Waals surface area contributed by atoms with Gasteiger partial charge in [0, 0.05) is 12.6 Å². The summed E-state index contributed by atoms with van der Waals surface area (Å²) in [6.07, 6.45) is 2.75. The molecule has 1 aliphatic rings. The van der Waals surface area contributed by atoms with Gasteiger partial charge in [-0.1, -0.05) is 6.92 Å². The molecule has 1 heterocycles. The Bertz CT molecular complexity index is 517. The number of carboxylic acid groups (broad SMARTS) is 1. The number of aromatic carboxylic acids is 1. The monoisotopic (exact) mass is 293 g/mol. The molecule has 0 radical (unpaired) electrons. The lowest BCUT2D eigenvalue weighted by Crippen LogP contribution is -2.41. The van der Waals surface area contributed by atoms with Crippen molar-refractivity contribution < 1.29 is 19.4 Å². The Morgan fingerprint density at radius 3 is 2.95 bits per heavy atom. The minimum absolute atomic E-state index is 0.117. The van der Waals surface area contributed by atoms with E-state index < -0.39 is 5.97 Å². The summed E-state index contributed by atoms with van der Waals surface area (Å²) < 4.78 is 11.1.